The van der Waals surface area contributed by atoms with E-state index >= 15 is 0 Å². The zero-order valence-electron chi connectivity index (χ0n) is 10.2. The van der Waals surface area contributed by atoms with Gasteiger partial charge in [0.2, 0.25) is 0 Å². The summed E-state index contributed by atoms with van der Waals surface area (Å²) >= 11 is -1.33. The number of hydrogen-bond acceptors (Lipinski definition) is 2. The fourth-order valence-electron chi connectivity index (χ4n) is 2.63. The molecule has 2 heterocycles. The van der Waals surface area contributed by atoms with Crippen LogP contribution < -0.4 is 8.06 Å². The summed E-state index contributed by atoms with van der Waals surface area (Å²) in [5.41, 5.74) is 0. The van der Waals surface area contributed by atoms with Crippen LogP contribution in [-0.2, 0) is 4.74 Å². The zero-order chi connectivity index (χ0) is 11.5. The van der Waals surface area contributed by atoms with Crippen molar-refractivity contribution in [1.82, 2.24) is 0 Å². The van der Waals surface area contributed by atoms with Crippen molar-refractivity contribution in [2.45, 2.75) is 33.7 Å². The van der Waals surface area contributed by atoms with Crippen molar-refractivity contribution in [3.05, 3.63) is 24.3 Å². The van der Waals surface area contributed by atoms with Crippen LogP contribution >= 0.6 is 0 Å². The van der Waals surface area contributed by atoms with E-state index in [9.17, 15) is 0 Å². The van der Waals surface area contributed by atoms with Gasteiger partial charge in [-0.25, -0.2) is 0 Å². The van der Waals surface area contributed by atoms with Crippen LogP contribution in [0.4, 0.5) is 0 Å². The van der Waals surface area contributed by atoms with Crippen LogP contribution in [0.3, 0.4) is 0 Å². The Kier molecular flexibility index (Phi) is 3.97. The Morgan fingerprint density at radius 3 is 2.47 bits per heavy atom. The first-order valence-corrected chi connectivity index (χ1v) is 13.1. The quantitative estimate of drug-likeness (QED) is 0.789. The minimum atomic E-state index is -1.33. The third kappa shape index (κ3) is 3.41. The summed E-state index contributed by atoms with van der Waals surface area (Å²) in [4.78, 5) is 0. The number of benzene rings is 1. The molecule has 3 rings (SSSR count). The molecule has 0 amide bonds. The molecule has 0 aliphatic carbocycles. The van der Waals surface area contributed by atoms with Crippen molar-refractivity contribution in [3.63, 3.8) is 0 Å². The van der Waals surface area contributed by atoms with Gasteiger partial charge in [0.25, 0.3) is 0 Å². The normalized spacial score (nSPS) is 23.5. The predicted molar refractivity (Wildman–Crippen MR) is 70.5 cm³/mol. The topological polar surface area (TPSA) is 21.8 Å². The molecular weight excluding hydrogens is 315 g/mol. The van der Waals surface area contributed by atoms with Gasteiger partial charge in [0.1, 0.15) is 0 Å². The third-order valence-electron chi connectivity index (χ3n) is 3.79. The van der Waals surface area contributed by atoms with E-state index in [-0.39, 0.29) is 0 Å². The van der Waals surface area contributed by atoms with Gasteiger partial charge in [-0.3, -0.25) is 0 Å². The second-order valence-electron chi connectivity index (χ2n) is 5.17. The maximum absolute atomic E-state index is 5.67. The molecule has 0 radical (unpaired) electrons. The molecule has 0 aromatic heterocycles. The van der Waals surface area contributed by atoms with Gasteiger partial charge in [-0.05, 0) is 0 Å². The fourth-order valence-corrected chi connectivity index (χ4v) is 11.9. The first-order valence-electron chi connectivity index (χ1n) is 6.76. The van der Waals surface area contributed by atoms with Gasteiger partial charge in [0, 0.05) is 0 Å². The van der Waals surface area contributed by atoms with Crippen molar-refractivity contribution < 1.29 is 9.47 Å². The van der Waals surface area contributed by atoms with E-state index in [1.807, 2.05) is 0 Å². The molecule has 1 unspecified atom stereocenters. The Bertz CT molecular complexity index is 353. The second kappa shape index (κ2) is 5.66. The van der Waals surface area contributed by atoms with Gasteiger partial charge in [-0.2, -0.15) is 0 Å². The molecule has 0 spiro atoms. The number of rotatable bonds is 4. The standard InChI is InChI=1S/C9H9O2.C5H10.In/c1-2-4-8(5-3-1)10-6-9-7-11-9;1-3-5-4-2;/h2-5,9H,6-7H2;1-5H2;. The van der Waals surface area contributed by atoms with Crippen LogP contribution in [0.1, 0.15) is 19.3 Å². The molecule has 1 aromatic carbocycles. The molecule has 2 saturated heterocycles. The van der Waals surface area contributed by atoms with Crippen molar-refractivity contribution in [2.24, 2.45) is 0 Å². The summed E-state index contributed by atoms with van der Waals surface area (Å²) in [7, 11) is 0. The van der Waals surface area contributed by atoms with Crippen LogP contribution in [0.15, 0.2) is 24.3 Å². The summed E-state index contributed by atoms with van der Waals surface area (Å²) in [6.07, 6.45) is 4.79. The molecule has 2 nitrogen and oxygen atoms in total. The molecule has 2 aliphatic heterocycles. The number of epoxide rings is 1. The Morgan fingerprint density at radius 2 is 1.82 bits per heavy atom. The van der Waals surface area contributed by atoms with Crippen molar-refractivity contribution in [1.29, 1.82) is 0 Å². The Hall–Kier alpha value is -0.150. The third-order valence-corrected chi connectivity index (χ3v) is 13.9. The van der Waals surface area contributed by atoms with E-state index in [4.69, 9.17) is 9.47 Å². The summed E-state index contributed by atoms with van der Waals surface area (Å²) in [6.45, 7) is 1.59. The van der Waals surface area contributed by atoms with E-state index in [1.54, 1.807) is 11.7 Å². The SMILES string of the molecule is c1c[c]([In]2[CH2]CCC[CH2]2)ccc1OCC1CO1. The number of hydrogen-bond donors (Lipinski definition) is 0. The summed E-state index contributed by atoms with van der Waals surface area (Å²) in [5.74, 6) is 1.01. The van der Waals surface area contributed by atoms with E-state index in [2.05, 4.69) is 24.3 Å². The van der Waals surface area contributed by atoms with E-state index in [0.29, 0.717) is 12.7 Å². The van der Waals surface area contributed by atoms with E-state index < -0.39 is 21.4 Å². The van der Waals surface area contributed by atoms with E-state index in [0.717, 1.165) is 12.4 Å². The Morgan fingerprint density at radius 1 is 1.12 bits per heavy atom. The molecule has 2 aliphatic rings. The molecular formula is C14H19InO2. The van der Waals surface area contributed by atoms with E-state index in [1.165, 1.54) is 19.3 Å². The van der Waals surface area contributed by atoms with Gasteiger partial charge in [-0.1, -0.05) is 0 Å². The predicted octanol–water partition coefficient (Wildman–Crippen LogP) is 2.35. The van der Waals surface area contributed by atoms with Crippen LogP contribution in [0.2, 0.25) is 8.35 Å². The average Bonchev–Trinajstić information content (AvgIpc) is 3.22. The molecule has 0 saturated carbocycles. The van der Waals surface area contributed by atoms with Crippen LogP contribution in [-0.4, -0.2) is 40.8 Å². The van der Waals surface area contributed by atoms with Crippen LogP contribution in [0, 0.1) is 0 Å². The number of ether oxygens (including phenoxy) is 2. The molecule has 2 fully saturated rings. The molecule has 0 N–H and O–H groups in total. The van der Waals surface area contributed by atoms with Crippen LogP contribution in [0.5, 0.6) is 5.75 Å². The molecule has 1 aromatic rings. The maximum atomic E-state index is 5.67. The minimum absolute atomic E-state index is 0.354. The summed E-state index contributed by atoms with van der Waals surface area (Å²) in [5, 5.41) is 0. The monoisotopic (exact) mass is 334 g/mol. The Balaban J connectivity index is 1.58. The van der Waals surface area contributed by atoms with Gasteiger partial charge in [0.05, 0.1) is 0 Å². The first kappa shape index (κ1) is 11.9. The molecule has 0 bridgehead atoms. The van der Waals surface area contributed by atoms with Crippen molar-refractivity contribution >= 4 is 24.8 Å². The van der Waals surface area contributed by atoms with Crippen molar-refractivity contribution in [3.8, 4) is 5.75 Å². The van der Waals surface area contributed by atoms with Gasteiger partial charge in [0.15, 0.2) is 0 Å². The van der Waals surface area contributed by atoms with Gasteiger partial charge >= 0.3 is 111 Å². The summed E-state index contributed by atoms with van der Waals surface area (Å²) < 4.78 is 15.6. The van der Waals surface area contributed by atoms with Crippen molar-refractivity contribution in [2.75, 3.05) is 13.2 Å². The summed E-state index contributed by atoms with van der Waals surface area (Å²) in [6, 6.07) is 8.97. The molecule has 3 heteroatoms. The van der Waals surface area contributed by atoms with Crippen LogP contribution in [0.25, 0.3) is 0 Å². The average molecular weight is 334 g/mol. The molecule has 1 atom stereocenters. The first-order chi connectivity index (χ1) is 8.42. The Labute approximate surface area is 111 Å². The van der Waals surface area contributed by atoms with Gasteiger partial charge in [-0.15, -0.1) is 0 Å². The molecule has 90 valence electrons. The molecule has 17 heavy (non-hydrogen) atoms. The fraction of sp³-hybridized carbons (Fsp3) is 0.571. The zero-order valence-corrected chi connectivity index (χ0v) is 13.5. The van der Waals surface area contributed by atoms with Gasteiger partial charge < -0.3 is 0 Å². The second-order valence-corrected chi connectivity index (χ2v) is 14.3.